The molecule has 0 amide bonds. The van der Waals surface area contributed by atoms with Crippen LogP contribution in [0.5, 0.6) is 0 Å². The maximum absolute atomic E-state index is 6.30. The molecule has 2 fully saturated rings. The van der Waals surface area contributed by atoms with Crippen LogP contribution in [0, 0.1) is 0 Å². The van der Waals surface area contributed by atoms with Gasteiger partial charge in [-0.2, -0.15) is 0 Å². The molecule has 1 aliphatic heterocycles. The summed E-state index contributed by atoms with van der Waals surface area (Å²) < 4.78 is 11.7. The predicted molar refractivity (Wildman–Crippen MR) is 61.2 cm³/mol. The number of rotatable bonds is 1. The molecule has 0 bridgehead atoms. The number of morpholine rings is 1. The molecule has 2 heterocycles. The number of hydrogen-bond acceptors (Lipinski definition) is 3. The molecule has 1 N–H and O–H groups in total. The maximum Gasteiger partial charge on any atom is 0.133 e. The molecule has 1 aromatic heterocycles. The van der Waals surface area contributed by atoms with E-state index in [-0.39, 0.29) is 11.7 Å². The highest BCUT2D eigenvalue weighted by Crippen LogP contribution is 2.37. The summed E-state index contributed by atoms with van der Waals surface area (Å²) in [6.45, 7) is 1.87. The lowest BCUT2D eigenvalue weighted by molar-refractivity contribution is -0.141. The summed E-state index contributed by atoms with van der Waals surface area (Å²) in [5, 5.41) is 3.50. The van der Waals surface area contributed by atoms with E-state index in [1.165, 1.54) is 32.1 Å². The van der Waals surface area contributed by atoms with Crippen LogP contribution >= 0.6 is 0 Å². The van der Waals surface area contributed by atoms with Crippen LogP contribution in [-0.4, -0.2) is 18.7 Å². The van der Waals surface area contributed by atoms with Crippen molar-refractivity contribution in [1.29, 1.82) is 0 Å². The minimum atomic E-state index is 0.0773. The van der Waals surface area contributed by atoms with E-state index >= 15 is 0 Å². The molecule has 1 saturated heterocycles. The van der Waals surface area contributed by atoms with Crippen molar-refractivity contribution in [3.63, 3.8) is 0 Å². The monoisotopic (exact) mass is 221 g/mol. The second kappa shape index (κ2) is 4.22. The van der Waals surface area contributed by atoms with E-state index in [0.29, 0.717) is 0 Å². The lowest BCUT2D eigenvalue weighted by Crippen LogP contribution is -2.51. The van der Waals surface area contributed by atoms with Crippen LogP contribution in [0.2, 0.25) is 0 Å². The van der Waals surface area contributed by atoms with E-state index in [4.69, 9.17) is 9.15 Å². The number of nitrogens with one attached hydrogen (secondary N) is 1. The molecular weight excluding hydrogens is 202 g/mol. The molecule has 3 nitrogen and oxygen atoms in total. The first-order chi connectivity index (χ1) is 7.88. The van der Waals surface area contributed by atoms with Crippen molar-refractivity contribution < 1.29 is 9.15 Å². The van der Waals surface area contributed by atoms with E-state index in [9.17, 15) is 0 Å². The van der Waals surface area contributed by atoms with Gasteiger partial charge in [-0.25, -0.2) is 0 Å². The van der Waals surface area contributed by atoms with Gasteiger partial charge in [-0.1, -0.05) is 19.3 Å². The van der Waals surface area contributed by atoms with Crippen LogP contribution in [-0.2, 0) is 4.74 Å². The van der Waals surface area contributed by atoms with Crippen molar-refractivity contribution >= 4 is 0 Å². The van der Waals surface area contributed by atoms with Crippen molar-refractivity contribution in [1.82, 2.24) is 5.32 Å². The van der Waals surface area contributed by atoms with Crippen molar-refractivity contribution in [2.45, 2.75) is 43.8 Å². The molecule has 3 rings (SSSR count). The van der Waals surface area contributed by atoms with Crippen molar-refractivity contribution in [2.24, 2.45) is 0 Å². The first kappa shape index (κ1) is 10.4. The fourth-order valence-corrected chi connectivity index (χ4v) is 2.94. The number of hydrogen-bond donors (Lipinski definition) is 1. The molecule has 2 aliphatic rings. The van der Waals surface area contributed by atoms with Gasteiger partial charge in [0.1, 0.15) is 11.9 Å². The van der Waals surface area contributed by atoms with E-state index in [2.05, 4.69) is 5.32 Å². The Morgan fingerprint density at radius 1 is 1.25 bits per heavy atom. The van der Waals surface area contributed by atoms with Gasteiger partial charge in [0.25, 0.3) is 0 Å². The highest BCUT2D eigenvalue weighted by molar-refractivity contribution is 5.06. The molecule has 1 aliphatic carbocycles. The van der Waals surface area contributed by atoms with E-state index in [1.54, 1.807) is 6.26 Å². The molecule has 1 aromatic rings. The Kier molecular flexibility index (Phi) is 2.74. The fraction of sp³-hybridized carbons (Fsp3) is 0.692. The molecule has 88 valence electrons. The Morgan fingerprint density at radius 2 is 2.12 bits per heavy atom. The molecule has 0 radical (unpaired) electrons. The van der Waals surface area contributed by atoms with Gasteiger partial charge < -0.3 is 14.5 Å². The first-order valence-electron chi connectivity index (χ1n) is 6.30. The fourth-order valence-electron chi connectivity index (χ4n) is 2.94. The minimum absolute atomic E-state index is 0.0773. The highest BCUT2D eigenvalue weighted by atomic mass is 16.5. The Balaban J connectivity index is 1.74. The largest absolute Gasteiger partial charge is 0.467 e. The first-order valence-corrected chi connectivity index (χ1v) is 6.30. The zero-order chi connectivity index (χ0) is 10.8. The van der Waals surface area contributed by atoms with E-state index in [1.807, 2.05) is 12.1 Å². The Morgan fingerprint density at radius 3 is 2.88 bits per heavy atom. The Bertz CT molecular complexity index is 322. The van der Waals surface area contributed by atoms with Crippen LogP contribution in [0.1, 0.15) is 44.0 Å². The average molecular weight is 221 g/mol. The van der Waals surface area contributed by atoms with E-state index < -0.39 is 0 Å². The van der Waals surface area contributed by atoms with Gasteiger partial charge in [0.15, 0.2) is 0 Å². The van der Waals surface area contributed by atoms with Crippen molar-refractivity contribution in [3.8, 4) is 0 Å². The number of furan rings is 1. The highest BCUT2D eigenvalue weighted by Gasteiger charge is 2.39. The van der Waals surface area contributed by atoms with Crippen LogP contribution < -0.4 is 5.32 Å². The summed E-state index contributed by atoms with van der Waals surface area (Å²) in [7, 11) is 0. The normalized spacial score (nSPS) is 29.4. The average Bonchev–Trinajstić information content (AvgIpc) is 2.83. The third-order valence-electron chi connectivity index (χ3n) is 3.79. The van der Waals surface area contributed by atoms with Gasteiger partial charge in [0.05, 0.1) is 11.9 Å². The summed E-state index contributed by atoms with van der Waals surface area (Å²) >= 11 is 0. The summed E-state index contributed by atoms with van der Waals surface area (Å²) in [6.07, 6.45) is 8.16. The van der Waals surface area contributed by atoms with Gasteiger partial charge in [0.2, 0.25) is 0 Å². The van der Waals surface area contributed by atoms with Crippen LogP contribution in [0.3, 0.4) is 0 Å². The van der Waals surface area contributed by atoms with Crippen LogP contribution in [0.25, 0.3) is 0 Å². The number of ether oxygens (including phenoxy) is 1. The smallest absolute Gasteiger partial charge is 0.133 e. The maximum atomic E-state index is 6.30. The third kappa shape index (κ3) is 1.89. The topological polar surface area (TPSA) is 34.4 Å². The quantitative estimate of drug-likeness (QED) is 0.791. The Labute approximate surface area is 96.2 Å². The Hall–Kier alpha value is -0.800. The molecule has 16 heavy (non-hydrogen) atoms. The molecule has 1 atom stereocenters. The second-order valence-electron chi connectivity index (χ2n) is 5.00. The summed E-state index contributed by atoms with van der Waals surface area (Å²) in [5.74, 6) is 0.956. The minimum Gasteiger partial charge on any atom is -0.467 e. The predicted octanol–water partition coefficient (Wildman–Crippen LogP) is 2.64. The lowest BCUT2D eigenvalue weighted by Gasteiger charge is -2.43. The molecule has 3 heteroatoms. The van der Waals surface area contributed by atoms with Crippen molar-refractivity contribution in [3.05, 3.63) is 24.2 Å². The zero-order valence-corrected chi connectivity index (χ0v) is 9.58. The van der Waals surface area contributed by atoms with Gasteiger partial charge >= 0.3 is 0 Å². The van der Waals surface area contributed by atoms with Crippen molar-refractivity contribution in [2.75, 3.05) is 13.1 Å². The molecule has 1 unspecified atom stereocenters. The third-order valence-corrected chi connectivity index (χ3v) is 3.79. The summed E-state index contributed by atoms with van der Waals surface area (Å²) in [4.78, 5) is 0. The van der Waals surface area contributed by atoms with E-state index in [0.717, 1.165) is 18.8 Å². The van der Waals surface area contributed by atoms with Crippen LogP contribution in [0.15, 0.2) is 22.8 Å². The SMILES string of the molecule is c1coc(C2CNCC3(CCCCC3)O2)c1. The van der Waals surface area contributed by atoms with Crippen LogP contribution in [0.4, 0.5) is 0 Å². The van der Waals surface area contributed by atoms with Gasteiger partial charge in [0, 0.05) is 13.1 Å². The molecule has 1 saturated carbocycles. The van der Waals surface area contributed by atoms with Gasteiger partial charge in [-0.15, -0.1) is 0 Å². The zero-order valence-electron chi connectivity index (χ0n) is 9.58. The molecule has 1 spiro atoms. The summed E-state index contributed by atoms with van der Waals surface area (Å²) in [5.41, 5.74) is 0.0773. The van der Waals surface area contributed by atoms with Gasteiger partial charge in [-0.05, 0) is 25.0 Å². The summed E-state index contributed by atoms with van der Waals surface area (Å²) in [6, 6.07) is 3.94. The molecule has 0 aromatic carbocycles. The lowest BCUT2D eigenvalue weighted by atomic mass is 9.83. The second-order valence-corrected chi connectivity index (χ2v) is 5.00. The standard InChI is InChI=1S/C13H19NO2/c1-2-6-13(7-3-1)10-14-9-12(16-13)11-5-4-8-15-11/h4-5,8,12,14H,1-3,6-7,9-10H2. The van der Waals surface area contributed by atoms with Gasteiger partial charge in [-0.3, -0.25) is 0 Å². The molecular formula is C13H19NO2.